The molecule has 1 saturated heterocycles. The number of nitrogens with zero attached hydrogens (tertiary/aromatic N) is 4. The van der Waals surface area contributed by atoms with Crippen LogP contribution in [-0.2, 0) is 43.2 Å². The van der Waals surface area contributed by atoms with Crippen LogP contribution in [0, 0.1) is 23.7 Å². The lowest BCUT2D eigenvalue weighted by atomic mass is 9.79. The number of carbonyl (C=O) groups excluding carboxylic acids is 4. The second-order valence-electron chi connectivity index (χ2n) is 18.7. The van der Waals surface area contributed by atoms with Crippen molar-refractivity contribution in [2.45, 2.75) is 108 Å². The lowest BCUT2D eigenvalue weighted by Crippen LogP contribution is -2.51. The summed E-state index contributed by atoms with van der Waals surface area (Å²) in [6.45, 7) is 2.84. The number of carboxylic acids is 6. The van der Waals surface area contributed by atoms with E-state index < -0.39 is 60.4 Å². The summed E-state index contributed by atoms with van der Waals surface area (Å²) >= 11 is 0. The van der Waals surface area contributed by atoms with Gasteiger partial charge in [0.15, 0.2) is 0 Å². The van der Waals surface area contributed by atoms with Crippen molar-refractivity contribution < 1.29 is 78.6 Å². The second kappa shape index (κ2) is 30.9. The third kappa shape index (κ3) is 24.1. The molecule has 1 aliphatic heterocycles. The van der Waals surface area contributed by atoms with E-state index >= 15 is 0 Å². The lowest BCUT2D eigenvalue weighted by molar-refractivity contribution is -0.141. The van der Waals surface area contributed by atoms with E-state index in [0.717, 1.165) is 38.5 Å². The average molecular weight is 983 g/mol. The van der Waals surface area contributed by atoms with Crippen LogP contribution in [0.25, 0.3) is 0 Å². The normalized spacial score (nSPS) is 22.3. The summed E-state index contributed by atoms with van der Waals surface area (Å²) in [6.07, 6.45) is 6.94. The first-order valence-corrected chi connectivity index (χ1v) is 24.1. The Bertz CT molecular complexity index is 1710. The number of hydrogen-bond donors (Lipinski definition) is 10. The highest BCUT2D eigenvalue weighted by molar-refractivity contribution is 5.86. The van der Waals surface area contributed by atoms with E-state index in [1.54, 1.807) is 14.7 Å². The van der Waals surface area contributed by atoms with Crippen molar-refractivity contribution >= 4 is 59.4 Å². The monoisotopic (exact) mass is 983 g/mol. The van der Waals surface area contributed by atoms with E-state index in [2.05, 4.69) is 21.3 Å². The van der Waals surface area contributed by atoms with Crippen molar-refractivity contribution in [1.29, 1.82) is 0 Å². The SMILES string of the molecule is O=C(O)CC[C@H](NC(=O)N[C@@H](CCCCNC(=O)C1CCC(CNC(=O)C2CCC(CCC(=O)CN3CCN(CC(=O)O)CCN(CC(=O)O)CCN(CC(=O)O)CC3)CC2)CC1)C(=O)O)C(=O)O. The molecule has 2 saturated carbocycles. The van der Waals surface area contributed by atoms with Crippen LogP contribution in [0.1, 0.15) is 96.3 Å². The molecule has 0 aromatic rings. The number of nitrogens with one attached hydrogen (secondary N) is 4. The standard InChI is InChI=1S/C45H74N8O16/c54-34(26-50-17-19-51(27-38(57)58)21-23-53(29-40(61)62)24-22-52(20-18-50)28-39(59)60)13-8-30-4-9-33(10-5-30)42(64)47-25-31-6-11-32(12-7-31)41(63)46-16-2-1-3-35(43(65)66)48-45(69)49-36(44(67)68)14-15-37(55)56/h30-33,35-36H,1-29H2,(H,46,63)(H,47,64)(H,55,56)(H,57,58)(H,59,60)(H,61,62)(H,65,66)(H,67,68)(H2,48,49,69)/t30?,31?,32?,33?,35-,36-/m0/s1. The molecular formula is C45H74N8O16. The molecule has 390 valence electrons. The van der Waals surface area contributed by atoms with E-state index in [0.29, 0.717) is 96.8 Å². The van der Waals surface area contributed by atoms with E-state index in [1.165, 1.54) is 0 Å². The Balaban J connectivity index is 1.32. The number of unbranched alkanes of at least 4 members (excludes halogenated alkanes) is 1. The molecule has 3 fully saturated rings. The summed E-state index contributed by atoms with van der Waals surface area (Å²) in [5.74, 6) is -6.88. The van der Waals surface area contributed by atoms with Crippen LogP contribution in [0.3, 0.4) is 0 Å². The largest absolute Gasteiger partial charge is 0.481 e. The van der Waals surface area contributed by atoms with Gasteiger partial charge in [0.25, 0.3) is 0 Å². The van der Waals surface area contributed by atoms with Crippen molar-refractivity contribution in [2.24, 2.45) is 23.7 Å². The minimum atomic E-state index is -1.50. The molecule has 2 aliphatic carbocycles. The summed E-state index contributed by atoms with van der Waals surface area (Å²) < 4.78 is 0. The lowest BCUT2D eigenvalue weighted by Gasteiger charge is -2.33. The number of hydrogen-bond acceptors (Lipinski definition) is 14. The van der Waals surface area contributed by atoms with Crippen LogP contribution < -0.4 is 21.3 Å². The molecule has 0 radical (unpaired) electrons. The maximum Gasteiger partial charge on any atom is 0.326 e. The van der Waals surface area contributed by atoms with E-state index in [1.807, 2.05) is 4.90 Å². The van der Waals surface area contributed by atoms with Gasteiger partial charge in [-0.25, -0.2) is 14.4 Å². The van der Waals surface area contributed by atoms with Crippen molar-refractivity contribution in [3.63, 3.8) is 0 Å². The number of carbonyl (C=O) groups is 10. The number of aliphatic carboxylic acids is 6. The van der Waals surface area contributed by atoms with Gasteiger partial charge in [-0.1, -0.05) is 0 Å². The van der Waals surface area contributed by atoms with Gasteiger partial charge in [0.2, 0.25) is 11.8 Å². The zero-order chi connectivity index (χ0) is 50.9. The van der Waals surface area contributed by atoms with Gasteiger partial charge in [0.05, 0.1) is 26.2 Å². The second-order valence-corrected chi connectivity index (χ2v) is 18.7. The summed E-state index contributed by atoms with van der Waals surface area (Å²) in [5, 5.41) is 66.2. The molecule has 3 rings (SSSR count). The fourth-order valence-electron chi connectivity index (χ4n) is 9.18. The molecule has 24 heteroatoms. The Kier molecular flexibility index (Phi) is 25.9. The molecule has 1 heterocycles. The fraction of sp³-hybridized carbons (Fsp3) is 0.778. The van der Waals surface area contributed by atoms with Crippen LogP contribution >= 0.6 is 0 Å². The van der Waals surface area contributed by atoms with Gasteiger partial charge in [-0.05, 0) is 95.3 Å². The molecule has 24 nitrogen and oxygen atoms in total. The van der Waals surface area contributed by atoms with Crippen molar-refractivity contribution in [3.8, 4) is 0 Å². The van der Waals surface area contributed by atoms with E-state index in [9.17, 15) is 73.5 Å². The number of urea groups is 1. The minimum Gasteiger partial charge on any atom is -0.481 e. The summed E-state index contributed by atoms with van der Waals surface area (Å²) in [7, 11) is 0. The van der Waals surface area contributed by atoms with Gasteiger partial charge in [-0.2, -0.15) is 0 Å². The molecule has 0 bridgehead atoms. The third-order valence-corrected chi connectivity index (χ3v) is 13.3. The Morgan fingerprint density at radius 3 is 1.28 bits per heavy atom. The van der Waals surface area contributed by atoms with E-state index in [4.69, 9.17) is 5.11 Å². The average Bonchev–Trinajstić information content (AvgIpc) is 3.28. The molecule has 69 heavy (non-hydrogen) atoms. The van der Waals surface area contributed by atoms with Crippen LogP contribution in [0.15, 0.2) is 0 Å². The smallest absolute Gasteiger partial charge is 0.326 e. The number of rotatable bonds is 27. The van der Waals surface area contributed by atoms with Gasteiger partial charge in [-0.3, -0.25) is 53.2 Å². The third-order valence-electron chi connectivity index (χ3n) is 13.3. The summed E-state index contributed by atoms with van der Waals surface area (Å²) in [5.41, 5.74) is 0. The summed E-state index contributed by atoms with van der Waals surface area (Å²) in [4.78, 5) is 127. The zero-order valence-electron chi connectivity index (χ0n) is 39.5. The Labute approximate surface area is 401 Å². The van der Waals surface area contributed by atoms with E-state index in [-0.39, 0.29) is 87.5 Å². The first-order chi connectivity index (χ1) is 32.8. The minimum absolute atomic E-state index is 0.0179. The number of carboxylic acid groups (broad SMARTS) is 6. The highest BCUT2D eigenvalue weighted by Gasteiger charge is 2.31. The quantitative estimate of drug-likeness (QED) is 0.0480. The Morgan fingerprint density at radius 1 is 0.449 bits per heavy atom. The molecule has 4 amide bonds. The molecule has 0 unspecified atom stereocenters. The van der Waals surface area contributed by atoms with Crippen LogP contribution in [0.5, 0.6) is 0 Å². The van der Waals surface area contributed by atoms with Gasteiger partial charge in [0, 0.05) is 90.1 Å². The topological polar surface area (TPSA) is 353 Å². The molecule has 0 aromatic carbocycles. The highest BCUT2D eigenvalue weighted by Crippen LogP contribution is 2.33. The molecule has 10 N–H and O–H groups in total. The first kappa shape index (κ1) is 57.9. The van der Waals surface area contributed by atoms with Crippen molar-refractivity contribution in [3.05, 3.63) is 0 Å². The Morgan fingerprint density at radius 2 is 0.855 bits per heavy atom. The number of Topliss-reactive ketones (excluding diaryl/α,β-unsaturated/α-hetero) is 1. The maximum absolute atomic E-state index is 13.3. The highest BCUT2D eigenvalue weighted by atomic mass is 16.4. The number of ketones is 1. The molecule has 2 atom stereocenters. The molecule has 0 aromatic heterocycles. The predicted octanol–water partition coefficient (Wildman–Crippen LogP) is -0.103. The maximum atomic E-state index is 13.3. The van der Waals surface area contributed by atoms with Gasteiger partial charge < -0.3 is 51.9 Å². The summed E-state index contributed by atoms with van der Waals surface area (Å²) in [6, 6.07) is -3.87. The van der Waals surface area contributed by atoms with Crippen molar-refractivity contribution in [1.82, 2.24) is 40.9 Å². The zero-order valence-corrected chi connectivity index (χ0v) is 39.5. The van der Waals surface area contributed by atoms with Crippen LogP contribution in [-0.4, -0.2) is 213 Å². The number of amides is 4. The first-order valence-electron chi connectivity index (χ1n) is 24.1. The Hall–Kier alpha value is -5.46. The fourth-order valence-corrected chi connectivity index (χ4v) is 9.18. The van der Waals surface area contributed by atoms with Gasteiger partial charge in [0.1, 0.15) is 17.9 Å². The van der Waals surface area contributed by atoms with Crippen LogP contribution in [0.4, 0.5) is 4.79 Å². The molecular weight excluding hydrogens is 909 g/mol. The van der Waals surface area contributed by atoms with Crippen molar-refractivity contribution in [2.75, 3.05) is 91.6 Å². The van der Waals surface area contributed by atoms with Gasteiger partial charge in [-0.15, -0.1) is 0 Å². The van der Waals surface area contributed by atoms with Crippen LogP contribution in [0.2, 0.25) is 0 Å². The van der Waals surface area contributed by atoms with Gasteiger partial charge >= 0.3 is 41.8 Å². The predicted molar refractivity (Wildman–Crippen MR) is 245 cm³/mol. The molecule has 0 spiro atoms. The molecule has 3 aliphatic rings.